The van der Waals surface area contributed by atoms with E-state index in [9.17, 15) is 9.59 Å². The Morgan fingerprint density at radius 3 is 2.46 bits per heavy atom. The predicted octanol–water partition coefficient (Wildman–Crippen LogP) is 3.69. The summed E-state index contributed by atoms with van der Waals surface area (Å²) in [6, 6.07) is 6.62. The summed E-state index contributed by atoms with van der Waals surface area (Å²) in [4.78, 5) is 23.7. The molecule has 7 heteroatoms. The zero-order valence-corrected chi connectivity index (χ0v) is 16.0. The highest BCUT2D eigenvalue weighted by molar-refractivity contribution is 9.10. The lowest BCUT2D eigenvalue weighted by atomic mass is 9.89. The van der Waals surface area contributed by atoms with Gasteiger partial charge >= 0.3 is 0 Å². The second-order valence-corrected chi connectivity index (χ2v) is 7.51. The summed E-state index contributed by atoms with van der Waals surface area (Å²) in [5.41, 5.74) is 1.26. The van der Waals surface area contributed by atoms with Crippen molar-refractivity contribution in [2.45, 2.75) is 51.1 Å². The van der Waals surface area contributed by atoms with Crippen molar-refractivity contribution in [1.82, 2.24) is 5.32 Å². The summed E-state index contributed by atoms with van der Waals surface area (Å²) in [5.74, 6) is 0.309. The van der Waals surface area contributed by atoms with Gasteiger partial charge in [-0.2, -0.15) is 0 Å². The third-order valence-electron chi connectivity index (χ3n) is 4.61. The van der Waals surface area contributed by atoms with E-state index in [0.717, 1.165) is 17.3 Å². The van der Waals surface area contributed by atoms with Crippen LogP contribution in [0.3, 0.4) is 0 Å². The molecule has 3 rings (SSSR count). The number of halogens is 2. The summed E-state index contributed by atoms with van der Waals surface area (Å²) in [5, 5.41) is 9.30. The maximum absolute atomic E-state index is 12.4. The number of benzene rings is 1. The Morgan fingerprint density at radius 2 is 1.83 bits per heavy atom. The van der Waals surface area contributed by atoms with E-state index in [4.69, 9.17) is 0 Å². The van der Waals surface area contributed by atoms with Crippen LogP contribution in [0.4, 0.5) is 11.4 Å². The van der Waals surface area contributed by atoms with Crippen LogP contribution < -0.4 is 16.0 Å². The maximum atomic E-state index is 12.4. The van der Waals surface area contributed by atoms with Crippen molar-refractivity contribution < 1.29 is 9.59 Å². The molecule has 0 spiro atoms. The van der Waals surface area contributed by atoms with E-state index in [0.29, 0.717) is 35.8 Å². The van der Waals surface area contributed by atoms with E-state index in [1.54, 1.807) is 6.07 Å². The van der Waals surface area contributed by atoms with Crippen LogP contribution in [0.5, 0.6) is 0 Å². The number of rotatable bonds is 4. The van der Waals surface area contributed by atoms with Crippen LogP contribution in [0.2, 0.25) is 0 Å². The Bertz CT molecular complexity index is 614. The number of hydrogen-bond acceptors (Lipinski definition) is 3. The molecule has 0 aliphatic carbocycles. The van der Waals surface area contributed by atoms with Crippen LogP contribution in [-0.4, -0.2) is 23.9 Å². The molecule has 2 saturated heterocycles. The van der Waals surface area contributed by atoms with Crippen molar-refractivity contribution in [1.29, 1.82) is 0 Å². The monoisotopic (exact) mass is 415 g/mol. The minimum Gasteiger partial charge on any atom is -0.325 e. The molecule has 2 heterocycles. The Labute approximate surface area is 156 Å². The van der Waals surface area contributed by atoms with Gasteiger partial charge in [0.05, 0.1) is 11.4 Å². The molecule has 2 fully saturated rings. The first kappa shape index (κ1) is 19.2. The van der Waals surface area contributed by atoms with Gasteiger partial charge in [0.1, 0.15) is 0 Å². The average Bonchev–Trinajstić information content (AvgIpc) is 2.80. The zero-order chi connectivity index (χ0) is 16.4. The number of carbonyl (C=O) groups is 2. The summed E-state index contributed by atoms with van der Waals surface area (Å²) >= 11 is 3.40. The Morgan fingerprint density at radius 1 is 1.17 bits per heavy atom. The van der Waals surface area contributed by atoms with E-state index in [-0.39, 0.29) is 24.2 Å². The molecule has 2 amide bonds. The molecule has 1 aromatic rings. The van der Waals surface area contributed by atoms with Gasteiger partial charge in [0.2, 0.25) is 11.8 Å². The quantitative estimate of drug-likeness (QED) is 0.701. The van der Waals surface area contributed by atoms with Gasteiger partial charge in [-0.15, -0.1) is 12.4 Å². The van der Waals surface area contributed by atoms with E-state index < -0.39 is 0 Å². The Kier molecular flexibility index (Phi) is 6.66. The zero-order valence-electron chi connectivity index (χ0n) is 13.6. The van der Waals surface area contributed by atoms with Gasteiger partial charge in [-0.05, 0) is 49.8 Å². The maximum Gasteiger partial charge on any atom is 0.224 e. The molecule has 1 aromatic carbocycles. The Balaban J connectivity index is 0.00000208. The van der Waals surface area contributed by atoms with Crippen molar-refractivity contribution in [2.75, 3.05) is 10.6 Å². The molecule has 2 unspecified atom stereocenters. The molecule has 2 aliphatic heterocycles. The van der Waals surface area contributed by atoms with E-state index in [2.05, 4.69) is 31.9 Å². The van der Waals surface area contributed by atoms with Crippen molar-refractivity contribution in [3.05, 3.63) is 22.7 Å². The molecular formula is C17H23BrClN3O2. The second kappa shape index (κ2) is 8.32. The van der Waals surface area contributed by atoms with Crippen LogP contribution in [0.1, 0.15) is 39.0 Å². The number of nitrogens with one attached hydrogen (secondary N) is 3. The fraction of sp³-hybridized carbons (Fsp3) is 0.529. The summed E-state index contributed by atoms with van der Waals surface area (Å²) < 4.78 is 0.863. The minimum absolute atomic E-state index is 0. The first-order valence-electron chi connectivity index (χ1n) is 8.12. The number of hydrogen-bond donors (Lipinski definition) is 3. The van der Waals surface area contributed by atoms with Crippen LogP contribution in [0.25, 0.3) is 0 Å². The van der Waals surface area contributed by atoms with Gasteiger partial charge in [0, 0.05) is 29.9 Å². The Hall–Kier alpha value is -1.11. The summed E-state index contributed by atoms with van der Waals surface area (Å²) in [6.07, 6.45) is 5.19. The van der Waals surface area contributed by atoms with Crippen molar-refractivity contribution in [2.24, 2.45) is 5.92 Å². The third kappa shape index (κ3) is 4.94. The SMILES string of the molecule is CC(=O)Nc1ccc(Br)cc1NC(=O)CC1CC2CCC(C1)N2.Cl. The van der Waals surface area contributed by atoms with Crippen molar-refractivity contribution >= 4 is 51.5 Å². The minimum atomic E-state index is -0.155. The van der Waals surface area contributed by atoms with Gasteiger partial charge < -0.3 is 16.0 Å². The molecule has 2 atom stereocenters. The van der Waals surface area contributed by atoms with Crippen LogP contribution >= 0.6 is 28.3 Å². The molecule has 2 aliphatic rings. The normalized spacial score (nSPS) is 24.8. The highest BCUT2D eigenvalue weighted by Crippen LogP contribution is 2.33. The smallest absolute Gasteiger partial charge is 0.224 e. The van der Waals surface area contributed by atoms with Crippen molar-refractivity contribution in [3.63, 3.8) is 0 Å². The second-order valence-electron chi connectivity index (χ2n) is 6.60. The fourth-order valence-corrected chi connectivity index (χ4v) is 4.08. The number of carbonyl (C=O) groups excluding carboxylic acids is 2. The first-order valence-corrected chi connectivity index (χ1v) is 8.92. The van der Waals surface area contributed by atoms with Gasteiger partial charge in [-0.3, -0.25) is 9.59 Å². The first-order chi connectivity index (χ1) is 11.0. The number of anilines is 2. The predicted molar refractivity (Wildman–Crippen MR) is 102 cm³/mol. The lowest BCUT2D eigenvalue weighted by molar-refractivity contribution is -0.117. The molecule has 0 radical (unpaired) electrons. The molecule has 132 valence electrons. The lowest BCUT2D eigenvalue weighted by Crippen LogP contribution is -2.39. The van der Waals surface area contributed by atoms with Crippen LogP contribution in [-0.2, 0) is 9.59 Å². The topological polar surface area (TPSA) is 70.2 Å². The number of amides is 2. The van der Waals surface area contributed by atoms with Gasteiger partial charge in [0.15, 0.2) is 0 Å². The molecule has 0 aromatic heterocycles. The molecule has 3 N–H and O–H groups in total. The average molecular weight is 417 g/mol. The molecule has 24 heavy (non-hydrogen) atoms. The number of piperidine rings is 1. The summed E-state index contributed by atoms with van der Waals surface area (Å²) in [6.45, 7) is 1.46. The standard InChI is InChI=1S/C17H22BrN3O2.ClH/c1-10(22)19-15-5-2-12(18)9-16(15)21-17(23)8-11-6-13-3-4-14(7-11)20-13;/h2,5,9,11,13-14,20H,3-4,6-8H2,1H3,(H,19,22)(H,21,23);1H. The van der Waals surface area contributed by atoms with Crippen LogP contribution in [0.15, 0.2) is 22.7 Å². The summed E-state index contributed by atoms with van der Waals surface area (Å²) in [7, 11) is 0. The molecule has 0 saturated carbocycles. The molecule has 5 nitrogen and oxygen atoms in total. The van der Waals surface area contributed by atoms with Crippen molar-refractivity contribution in [3.8, 4) is 0 Å². The largest absolute Gasteiger partial charge is 0.325 e. The highest BCUT2D eigenvalue weighted by Gasteiger charge is 2.34. The number of fused-ring (bicyclic) bond motifs is 2. The van der Waals surface area contributed by atoms with Gasteiger partial charge in [-0.1, -0.05) is 15.9 Å². The van der Waals surface area contributed by atoms with E-state index >= 15 is 0 Å². The fourth-order valence-electron chi connectivity index (χ4n) is 3.72. The van der Waals surface area contributed by atoms with Gasteiger partial charge in [-0.25, -0.2) is 0 Å². The van der Waals surface area contributed by atoms with E-state index in [1.807, 2.05) is 12.1 Å². The lowest BCUT2D eigenvalue weighted by Gasteiger charge is -2.28. The molecular weight excluding hydrogens is 394 g/mol. The highest BCUT2D eigenvalue weighted by atomic mass is 79.9. The molecule has 2 bridgehead atoms. The van der Waals surface area contributed by atoms with Crippen LogP contribution in [0, 0.1) is 5.92 Å². The van der Waals surface area contributed by atoms with Gasteiger partial charge in [0.25, 0.3) is 0 Å². The third-order valence-corrected chi connectivity index (χ3v) is 5.10. The van der Waals surface area contributed by atoms with E-state index in [1.165, 1.54) is 19.8 Å².